The molecule has 15 heavy (non-hydrogen) atoms. The molecule has 1 heterocycles. The summed E-state index contributed by atoms with van der Waals surface area (Å²) in [4.78, 5) is 22.0. The number of fused-ring (bicyclic) bond motifs is 1. The summed E-state index contributed by atoms with van der Waals surface area (Å²) < 4.78 is 0.389. The summed E-state index contributed by atoms with van der Waals surface area (Å²) in [5.74, 6) is -1.64. The van der Waals surface area contributed by atoms with E-state index in [0.29, 0.717) is 10.2 Å². The summed E-state index contributed by atoms with van der Waals surface area (Å²) in [7, 11) is 0. The van der Waals surface area contributed by atoms with Crippen LogP contribution in [0.1, 0.15) is 0 Å². The van der Waals surface area contributed by atoms with Gasteiger partial charge in [-0.15, -0.1) is 0 Å². The molecule has 7 heteroatoms. The van der Waals surface area contributed by atoms with Crippen molar-refractivity contribution in [1.29, 1.82) is 0 Å². The van der Waals surface area contributed by atoms with E-state index in [2.05, 4.69) is 26.6 Å². The summed E-state index contributed by atoms with van der Waals surface area (Å²) in [5.41, 5.74) is 0.648. The Kier molecular flexibility index (Phi) is 2.62. The number of carbonyl (C=O) groups is 2. The van der Waals surface area contributed by atoms with Gasteiger partial charge in [0, 0.05) is 0 Å². The molecule has 0 bridgehead atoms. The van der Waals surface area contributed by atoms with E-state index in [1.165, 1.54) is 6.07 Å². The van der Waals surface area contributed by atoms with E-state index in [-0.39, 0.29) is 15.7 Å². The Bertz CT molecular complexity index is 490. The van der Waals surface area contributed by atoms with E-state index in [1.807, 2.05) is 0 Å². The minimum Gasteiger partial charge on any atom is -0.316 e. The van der Waals surface area contributed by atoms with Gasteiger partial charge in [0.1, 0.15) is 5.69 Å². The standard InChI is InChI=1S/C8H2BrCl2N2O2/c9-4-5(11)2(10)1-3-6(4)13-8(15)7(14)12-3/h1H,(H,12,14). The molecule has 0 aliphatic carbocycles. The molecular weight excluding hydrogens is 307 g/mol. The molecule has 0 saturated carbocycles. The Labute approximate surface area is 103 Å². The second kappa shape index (κ2) is 3.66. The molecular formula is C8H2BrCl2N2O2. The Hall–Kier alpha value is -0.780. The Morgan fingerprint density at radius 2 is 2.00 bits per heavy atom. The lowest BCUT2D eigenvalue weighted by Crippen LogP contribution is -2.33. The molecule has 1 aromatic carbocycles. The smallest absolute Gasteiger partial charge is 0.316 e. The molecule has 4 nitrogen and oxygen atoms in total. The highest BCUT2D eigenvalue weighted by atomic mass is 79.9. The number of nitrogens with zero attached hydrogens (tertiary/aromatic N) is 1. The number of benzene rings is 1. The molecule has 2 rings (SSSR count). The maximum atomic E-state index is 11.0. The molecule has 0 saturated heterocycles. The van der Waals surface area contributed by atoms with Gasteiger partial charge in [-0.25, -0.2) is 5.32 Å². The van der Waals surface area contributed by atoms with Crippen LogP contribution < -0.4 is 10.6 Å². The van der Waals surface area contributed by atoms with E-state index in [0.717, 1.165) is 0 Å². The lowest BCUT2D eigenvalue weighted by Gasteiger charge is -2.17. The average Bonchev–Trinajstić information content (AvgIpc) is 2.19. The summed E-state index contributed by atoms with van der Waals surface area (Å²) in [6, 6.07) is 1.44. The lowest BCUT2D eigenvalue weighted by molar-refractivity contribution is -0.135. The third-order valence-corrected chi connectivity index (χ3v) is 3.58. The van der Waals surface area contributed by atoms with Crippen molar-refractivity contribution in [3.63, 3.8) is 0 Å². The minimum absolute atomic E-state index is 0.253. The number of hydrogen-bond donors (Lipinski definition) is 1. The summed E-state index contributed by atoms with van der Waals surface area (Å²) in [6.45, 7) is 0. The largest absolute Gasteiger partial charge is 0.335 e. The molecule has 0 unspecified atom stereocenters. The first kappa shape index (κ1) is 10.7. The SMILES string of the molecule is O=C1[N]c2c(cc(Cl)c(Cl)c2Br)NC1=O. The van der Waals surface area contributed by atoms with Crippen LogP contribution in [0.15, 0.2) is 10.5 Å². The van der Waals surface area contributed by atoms with E-state index < -0.39 is 11.8 Å². The second-order valence-corrected chi connectivity index (χ2v) is 4.33. The van der Waals surface area contributed by atoms with Crippen molar-refractivity contribution in [2.75, 3.05) is 5.32 Å². The second-order valence-electron chi connectivity index (χ2n) is 2.75. The van der Waals surface area contributed by atoms with Crippen molar-refractivity contribution in [1.82, 2.24) is 5.32 Å². The zero-order valence-electron chi connectivity index (χ0n) is 6.97. The van der Waals surface area contributed by atoms with Crippen molar-refractivity contribution in [2.24, 2.45) is 0 Å². The quantitative estimate of drug-likeness (QED) is 0.591. The highest BCUT2D eigenvalue weighted by molar-refractivity contribution is 9.10. The Balaban J connectivity index is 2.63. The number of nitrogens with one attached hydrogen (secondary N) is 1. The molecule has 2 amide bonds. The minimum atomic E-state index is -0.860. The number of rotatable bonds is 0. The molecule has 1 radical (unpaired) electrons. The number of hydrogen-bond acceptors (Lipinski definition) is 2. The highest BCUT2D eigenvalue weighted by Gasteiger charge is 2.28. The number of carbonyl (C=O) groups excluding carboxylic acids is 2. The Morgan fingerprint density at radius 1 is 1.33 bits per heavy atom. The predicted molar refractivity (Wildman–Crippen MR) is 59.6 cm³/mol. The molecule has 0 spiro atoms. The van der Waals surface area contributed by atoms with Gasteiger partial charge in [-0.1, -0.05) is 23.2 Å². The number of amides is 2. The van der Waals surface area contributed by atoms with Gasteiger partial charge in [0.15, 0.2) is 0 Å². The predicted octanol–water partition coefficient (Wildman–Crippen LogP) is 2.47. The zero-order valence-corrected chi connectivity index (χ0v) is 10.1. The van der Waals surface area contributed by atoms with Crippen LogP contribution in [-0.2, 0) is 9.59 Å². The van der Waals surface area contributed by atoms with Gasteiger partial charge in [-0.3, -0.25) is 9.59 Å². The van der Waals surface area contributed by atoms with Crippen LogP contribution in [0.4, 0.5) is 11.4 Å². The van der Waals surface area contributed by atoms with Crippen LogP contribution in [-0.4, -0.2) is 11.8 Å². The van der Waals surface area contributed by atoms with Crippen LogP contribution in [0, 0.1) is 0 Å². The first-order valence-electron chi connectivity index (χ1n) is 3.75. The van der Waals surface area contributed by atoms with Crippen molar-refractivity contribution in [2.45, 2.75) is 0 Å². The summed E-state index contributed by atoms with van der Waals surface area (Å²) in [6.07, 6.45) is 0. The normalized spacial score (nSPS) is 14.3. The third kappa shape index (κ3) is 1.71. The van der Waals surface area contributed by atoms with Crippen molar-refractivity contribution in [3.05, 3.63) is 20.6 Å². The molecule has 0 fully saturated rings. The number of anilines is 1. The van der Waals surface area contributed by atoms with E-state index in [9.17, 15) is 9.59 Å². The lowest BCUT2D eigenvalue weighted by atomic mass is 10.2. The maximum absolute atomic E-state index is 11.0. The molecule has 1 aliphatic heterocycles. The van der Waals surface area contributed by atoms with E-state index >= 15 is 0 Å². The highest BCUT2D eigenvalue weighted by Crippen LogP contribution is 2.42. The topological polar surface area (TPSA) is 60.3 Å². The van der Waals surface area contributed by atoms with Gasteiger partial charge >= 0.3 is 11.8 Å². The van der Waals surface area contributed by atoms with Crippen LogP contribution in [0.25, 0.3) is 0 Å². The average molecular weight is 309 g/mol. The van der Waals surface area contributed by atoms with Crippen molar-refractivity contribution in [3.8, 4) is 0 Å². The molecule has 1 aromatic rings. The molecule has 0 aromatic heterocycles. The zero-order chi connectivity index (χ0) is 11.2. The van der Waals surface area contributed by atoms with Gasteiger partial charge < -0.3 is 5.32 Å². The van der Waals surface area contributed by atoms with Crippen molar-refractivity contribution < 1.29 is 9.59 Å². The van der Waals surface area contributed by atoms with Crippen LogP contribution in [0.2, 0.25) is 10.0 Å². The molecule has 1 aliphatic rings. The molecule has 77 valence electrons. The van der Waals surface area contributed by atoms with Gasteiger partial charge in [-0.05, 0) is 22.0 Å². The molecule has 1 N–H and O–H groups in total. The summed E-state index contributed by atoms with van der Waals surface area (Å²) >= 11 is 14.8. The van der Waals surface area contributed by atoms with Crippen LogP contribution in [0.3, 0.4) is 0 Å². The first-order valence-corrected chi connectivity index (χ1v) is 5.30. The summed E-state index contributed by atoms with van der Waals surface area (Å²) in [5, 5.41) is 6.47. The number of halogens is 3. The maximum Gasteiger partial charge on any atom is 0.335 e. The van der Waals surface area contributed by atoms with Gasteiger partial charge in [0.05, 0.1) is 20.2 Å². The van der Waals surface area contributed by atoms with Crippen LogP contribution in [0.5, 0.6) is 0 Å². The van der Waals surface area contributed by atoms with Crippen molar-refractivity contribution >= 4 is 62.3 Å². The van der Waals surface area contributed by atoms with Gasteiger partial charge in [0.2, 0.25) is 0 Å². The Morgan fingerprint density at radius 3 is 2.67 bits per heavy atom. The van der Waals surface area contributed by atoms with E-state index in [1.54, 1.807) is 0 Å². The fourth-order valence-corrected chi connectivity index (χ4v) is 2.10. The van der Waals surface area contributed by atoms with E-state index in [4.69, 9.17) is 23.2 Å². The monoisotopic (exact) mass is 307 g/mol. The molecule has 0 atom stereocenters. The van der Waals surface area contributed by atoms with Gasteiger partial charge in [-0.2, -0.15) is 0 Å². The fraction of sp³-hybridized carbons (Fsp3) is 0. The fourth-order valence-electron chi connectivity index (χ4n) is 1.12. The van der Waals surface area contributed by atoms with Crippen LogP contribution >= 0.6 is 39.1 Å². The third-order valence-electron chi connectivity index (χ3n) is 1.79. The van der Waals surface area contributed by atoms with Gasteiger partial charge in [0.25, 0.3) is 0 Å². The first-order chi connectivity index (χ1) is 7.00.